The third-order valence-corrected chi connectivity index (χ3v) is 5.75. The monoisotopic (exact) mass is 406 g/mol. The van der Waals surface area contributed by atoms with Crippen molar-refractivity contribution in [2.75, 3.05) is 31.5 Å². The van der Waals surface area contributed by atoms with Gasteiger partial charge in [0.1, 0.15) is 0 Å². The number of amides is 2. The van der Waals surface area contributed by atoms with Crippen LogP contribution < -0.4 is 5.32 Å². The predicted molar refractivity (Wildman–Crippen MR) is 114 cm³/mol. The molecule has 1 aliphatic heterocycles. The predicted octanol–water partition coefficient (Wildman–Crippen LogP) is 3.35. The second-order valence-electron chi connectivity index (χ2n) is 6.90. The van der Waals surface area contributed by atoms with Crippen LogP contribution in [0.3, 0.4) is 0 Å². The first-order valence-electron chi connectivity index (χ1n) is 9.55. The summed E-state index contributed by atoms with van der Waals surface area (Å²) in [5.74, 6) is -0.164. The lowest BCUT2D eigenvalue weighted by Gasteiger charge is -2.34. The molecule has 0 atom stereocenters. The number of hydrogen-bond acceptors (Lipinski definition) is 5. The zero-order valence-electron chi connectivity index (χ0n) is 16.0. The minimum Gasteiger partial charge on any atom is -0.336 e. The van der Waals surface area contributed by atoms with Crippen LogP contribution >= 0.6 is 11.3 Å². The first-order chi connectivity index (χ1) is 14.2. The summed E-state index contributed by atoms with van der Waals surface area (Å²) in [7, 11) is 0. The van der Waals surface area contributed by atoms with E-state index in [9.17, 15) is 9.59 Å². The van der Waals surface area contributed by atoms with Gasteiger partial charge in [-0.25, -0.2) is 0 Å². The van der Waals surface area contributed by atoms with Crippen molar-refractivity contribution in [1.29, 1.82) is 0 Å². The van der Waals surface area contributed by atoms with Crippen molar-refractivity contribution in [2.24, 2.45) is 0 Å². The molecule has 1 N–H and O–H groups in total. The number of pyridine rings is 1. The van der Waals surface area contributed by atoms with Crippen molar-refractivity contribution in [3.05, 3.63) is 82.3 Å². The van der Waals surface area contributed by atoms with Gasteiger partial charge in [0.15, 0.2) is 0 Å². The second-order valence-corrected chi connectivity index (χ2v) is 7.85. The molecule has 2 amide bonds. The SMILES string of the molecule is O=C(Nc1cccc(C(=O)N2CCN(Cc3ccccn3)CC2)c1)c1cccs1. The summed E-state index contributed by atoms with van der Waals surface area (Å²) in [5.41, 5.74) is 2.26. The van der Waals surface area contributed by atoms with E-state index >= 15 is 0 Å². The average molecular weight is 407 g/mol. The minimum absolute atomic E-state index is 0.00490. The Morgan fingerprint density at radius 2 is 1.86 bits per heavy atom. The van der Waals surface area contributed by atoms with E-state index in [0.29, 0.717) is 29.2 Å². The number of nitrogens with one attached hydrogen (secondary N) is 1. The van der Waals surface area contributed by atoms with Gasteiger partial charge >= 0.3 is 0 Å². The van der Waals surface area contributed by atoms with Crippen LogP contribution in [0.25, 0.3) is 0 Å². The van der Waals surface area contributed by atoms with Crippen LogP contribution in [-0.2, 0) is 6.54 Å². The lowest BCUT2D eigenvalue weighted by atomic mass is 10.1. The molecule has 3 aromatic rings. The molecule has 148 valence electrons. The maximum absolute atomic E-state index is 12.9. The number of benzene rings is 1. The topological polar surface area (TPSA) is 65.5 Å². The zero-order valence-corrected chi connectivity index (χ0v) is 16.8. The van der Waals surface area contributed by atoms with Crippen LogP contribution in [0.15, 0.2) is 66.2 Å². The van der Waals surface area contributed by atoms with Crippen LogP contribution in [0.5, 0.6) is 0 Å². The number of aromatic nitrogens is 1. The Bertz CT molecular complexity index is 967. The molecule has 0 bridgehead atoms. The number of thiophene rings is 1. The lowest BCUT2D eigenvalue weighted by molar-refractivity contribution is 0.0627. The number of carbonyl (C=O) groups excluding carboxylic acids is 2. The summed E-state index contributed by atoms with van der Waals surface area (Å²) >= 11 is 1.39. The van der Waals surface area contributed by atoms with Gasteiger partial charge in [-0.2, -0.15) is 0 Å². The third kappa shape index (κ3) is 4.88. The molecule has 0 spiro atoms. The summed E-state index contributed by atoms with van der Waals surface area (Å²) in [5, 5.41) is 4.73. The van der Waals surface area contributed by atoms with E-state index < -0.39 is 0 Å². The molecule has 1 aliphatic rings. The highest BCUT2D eigenvalue weighted by atomic mass is 32.1. The van der Waals surface area contributed by atoms with Crippen molar-refractivity contribution in [3.8, 4) is 0 Å². The molecule has 29 heavy (non-hydrogen) atoms. The second kappa shape index (κ2) is 8.98. The Balaban J connectivity index is 1.34. The van der Waals surface area contributed by atoms with Gasteiger partial charge in [0.25, 0.3) is 11.8 Å². The van der Waals surface area contributed by atoms with Crippen LogP contribution in [0.4, 0.5) is 5.69 Å². The first kappa shape index (κ1) is 19.3. The van der Waals surface area contributed by atoms with E-state index in [0.717, 1.165) is 25.3 Å². The molecule has 1 fully saturated rings. The molecule has 0 radical (unpaired) electrons. The van der Waals surface area contributed by atoms with Gasteiger partial charge in [0, 0.05) is 50.2 Å². The van der Waals surface area contributed by atoms with Gasteiger partial charge in [-0.05, 0) is 41.8 Å². The van der Waals surface area contributed by atoms with Crippen molar-refractivity contribution in [2.45, 2.75) is 6.54 Å². The standard InChI is InChI=1S/C22H22N4O2S/c27-21(20-8-4-14-29-20)24-18-7-3-5-17(15-18)22(28)26-12-10-25(11-13-26)16-19-6-1-2-9-23-19/h1-9,14-15H,10-13,16H2,(H,24,27). The van der Waals surface area contributed by atoms with E-state index in [4.69, 9.17) is 0 Å². The maximum atomic E-state index is 12.9. The molecule has 0 saturated carbocycles. The summed E-state index contributed by atoms with van der Waals surface area (Å²) in [6.07, 6.45) is 1.80. The molecule has 4 rings (SSSR count). The van der Waals surface area contributed by atoms with Crippen molar-refractivity contribution in [1.82, 2.24) is 14.8 Å². The number of carbonyl (C=O) groups is 2. The normalized spacial score (nSPS) is 14.6. The van der Waals surface area contributed by atoms with Gasteiger partial charge in [-0.3, -0.25) is 19.5 Å². The quantitative estimate of drug-likeness (QED) is 0.706. The number of rotatable bonds is 5. The van der Waals surface area contributed by atoms with Gasteiger partial charge in [-0.1, -0.05) is 18.2 Å². The molecule has 6 nitrogen and oxygen atoms in total. The Hall–Kier alpha value is -3.03. The number of nitrogens with zero attached hydrogens (tertiary/aromatic N) is 3. The average Bonchev–Trinajstić information content (AvgIpc) is 3.30. The molecule has 7 heteroatoms. The summed E-state index contributed by atoms with van der Waals surface area (Å²) in [6, 6.07) is 16.7. The zero-order chi connectivity index (χ0) is 20.1. The highest BCUT2D eigenvalue weighted by Crippen LogP contribution is 2.17. The van der Waals surface area contributed by atoms with Gasteiger partial charge in [-0.15, -0.1) is 11.3 Å². The largest absolute Gasteiger partial charge is 0.336 e. The molecule has 3 heterocycles. The summed E-state index contributed by atoms with van der Waals surface area (Å²) < 4.78 is 0. The number of anilines is 1. The van der Waals surface area contributed by atoms with Gasteiger partial charge in [0.05, 0.1) is 10.6 Å². The van der Waals surface area contributed by atoms with E-state index in [1.165, 1.54) is 11.3 Å². The Labute approximate surface area is 173 Å². The van der Waals surface area contributed by atoms with E-state index in [1.54, 1.807) is 36.5 Å². The molecule has 0 aliphatic carbocycles. The van der Waals surface area contributed by atoms with Crippen LogP contribution in [0.1, 0.15) is 25.7 Å². The first-order valence-corrected chi connectivity index (χ1v) is 10.4. The lowest BCUT2D eigenvalue weighted by Crippen LogP contribution is -2.48. The smallest absolute Gasteiger partial charge is 0.265 e. The van der Waals surface area contributed by atoms with Crippen LogP contribution in [0.2, 0.25) is 0 Å². The number of piperazine rings is 1. The molecule has 1 saturated heterocycles. The Kier molecular flexibility index (Phi) is 5.97. The highest BCUT2D eigenvalue weighted by Gasteiger charge is 2.22. The van der Waals surface area contributed by atoms with Crippen LogP contribution in [-0.4, -0.2) is 52.8 Å². The van der Waals surface area contributed by atoms with Crippen LogP contribution in [0, 0.1) is 0 Å². The summed E-state index contributed by atoms with van der Waals surface area (Å²) in [4.78, 5) is 34.3. The Morgan fingerprint density at radius 1 is 1.00 bits per heavy atom. The molecule has 0 unspecified atom stereocenters. The molecule has 1 aromatic carbocycles. The van der Waals surface area contributed by atoms with Crippen molar-refractivity contribution in [3.63, 3.8) is 0 Å². The van der Waals surface area contributed by atoms with Crippen molar-refractivity contribution < 1.29 is 9.59 Å². The molecule has 2 aromatic heterocycles. The molecular formula is C22H22N4O2S. The van der Waals surface area contributed by atoms with E-state index in [2.05, 4.69) is 15.2 Å². The minimum atomic E-state index is -0.160. The van der Waals surface area contributed by atoms with Gasteiger partial charge < -0.3 is 10.2 Å². The number of hydrogen-bond donors (Lipinski definition) is 1. The third-order valence-electron chi connectivity index (χ3n) is 4.88. The summed E-state index contributed by atoms with van der Waals surface area (Å²) in [6.45, 7) is 3.79. The molecular weight excluding hydrogens is 384 g/mol. The van der Waals surface area contributed by atoms with E-state index in [1.807, 2.05) is 34.5 Å². The fourth-order valence-electron chi connectivity index (χ4n) is 3.34. The van der Waals surface area contributed by atoms with Crippen molar-refractivity contribution >= 4 is 28.8 Å². The van der Waals surface area contributed by atoms with Gasteiger partial charge in [0.2, 0.25) is 0 Å². The fourth-order valence-corrected chi connectivity index (χ4v) is 3.96. The maximum Gasteiger partial charge on any atom is 0.265 e. The highest BCUT2D eigenvalue weighted by molar-refractivity contribution is 7.12. The van der Waals surface area contributed by atoms with E-state index in [-0.39, 0.29) is 11.8 Å². The fraction of sp³-hybridized carbons (Fsp3) is 0.227. The Morgan fingerprint density at radius 3 is 2.59 bits per heavy atom.